The number of ether oxygens (including phenoxy) is 3. The Hall–Kier alpha value is -4.80. The summed E-state index contributed by atoms with van der Waals surface area (Å²) in [7, 11) is 1.61. The molecule has 0 spiro atoms. The van der Waals surface area contributed by atoms with E-state index in [1.807, 2.05) is 72.8 Å². The molecule has 2 aliphatic heterocycles. The van der Waals surface area contributed by atoms with Crippen LogP contribution < -0.4 is 14.4 Å². The van der Waals surface area contributed by atoms with Crippen molar-refractivity contribution >= 4 is 41.4 Å². The van der Waals surface area contributed by atoms with E-state index in [0.29, 0.717) is 42.5 Å². The minimum Gasteiger partial charge on any atom is -0.493 e. The van der Waals surface area contributed by atoms with E-state index in [4.69, 9.17) is 30.2 Å². The van der Waals surface area contributed by atoms with Gasteiger partial charge >= 0.3 is 6.09 Å². The molecule has 0 bridgehead atoms. The first-order valence-electron chi connectivity index (χ1n) is 16.2. The normalized spacial score (nSPS) is 16.9. The van der Waals surface area contributed by atoms with Gasteiger partial charge in [-0.15, -0.1) is 0 Å². The Morgan fingerprint density at radius 3 is 2.58 bits per heavy atom. The summed E-state index contributed by atoms with van der Waals surface area (Å²) in [4.78, 5) is 35.9. The molecule has 2 fully saturated rings. The third-order valence-electron chi connectivity index (χ3n) is 8.46. The topological polar surface area (TPSA) is 97.6 Å². The molecule has 2 amide bonds. The Balaban J connectivity index is 0.949. The number of carbonyl (C=O) groups is 2. The number of oxazole rings is 1. The van der Waals surface area contributed by atoms with Crippen molar-refractivity contribution in [2.45, 2.75) is 31.9 Å². The highest BCUT2D eigenvalue weighted by Crippen LogP contribution is 2.30. The molecule has 4 aromatic rings. The second-order valence-corrected chi connectivity index (χ2v) is 12.2. The number of cyclic esters (lactones) is 1. The highest BCUT2D eigenvalue weighted by atomic mass is 35.5. The zero-order valence-electron chi connectivity index (χ0n) is 26.9. The summed E-state index contributed by atoms with van der Waals surface area (Å²) in [6.45, 7) is 5.36. The lowest BCUT2D eigenvalue weighted by Crippen LogP contribution is -2.46. The molecule has 11 heteroatoms. The largest absolute Gasteiger partial charge is 0.493 e. The number of piperazine rings is 1. The zero-order valence-corrected chi connectivity index (χ0v) is 27.7. The summed E-state index contributed by atoms with van der Waals surface area (Å²) < 4.78 is 22.6. The first-order chi connectivity index (χ1) is 23.4. The number of amides is 2. The number of rotatable bonds is 14. The number of methoxy groups -OCH3 is 1. The minimum absolute atomic E-state index is 0.0189. The number of nitrogens with zero attached hydrogens (tertiary/aromatic N) is 4. The fourth-order valence-corrected chi connectivity index (χ4v) is 6.03. The Kier molecular flexibility index (Phi) is 10.9. The smallest absolute Gasteiger partial charge is 0.417 e. The van der Waals surface area contributed by atoms with Crippen LogP contribution in [0.2, 0.25) is 5.02 Å². The van der Waals surface area contributed by atoms with Gasteiger partial charge in [-0.05, 0) is 66.8 Å². The minimum atomic E-state index is -0.868. The van der Waals surface area contributed by atoms with E-state index in [0.717, 1.165) is 60.2 Å². The van der Waals surface area contributed by atoms with Gasteiger partial charge in [0, 0.05) is 49.5 Å². The van der Waals surface area contributed by atoms with Gasteiger partial charge in [0.2, 0.25) is 5.89 Å². The molecule has 6 rings (SSSR count). The van der Waals surface area contributed by atoms with Crippen LogP contribution in [-0.4, -0.2) is 79.3 Å². The maximum Gasteiger partial charge on any atom is 0.417 e. The van der Waals surface area contributed by atoms with Crippen molar-refractivity contribution < 1.29 is 28.2 Å². The van der Waals surface area contributed by atoms with Gasteiger partial charge in [-0.1, -0.05) is 54.1 Å². The van der Waals surface area contributed by atoms with Crippen LogP contribution in [-0.2, 0) is 22.5 Å². The van der Waals surface area contributed by atoms with Gasteiger partial charge in [-0.2, -0.15) is 0 Å². The molecule has 0 radical (unpaired) electrons. The van der Waals surface area contributed by atoms with Gasteiger partial charge in [0.05, 0.1) is 26.0 Å². The number of hydrogen-bond donors (Lipinski definition) is 0. The molecule has 48 heavy (non-hydrogen) atoms. The lowest BCUT2D eigenvalue weighted by atomic mass is 10.1. The average Bonchev–Trinajstić information content (AvgIpc) is 3.68. The summed E-state index contributed by atoms with van der Waals surface area (Å²) in [5, 5.41) is 0.759. The molecule has 10 nitrogen and oxygen atoms in total. The Morgan fingerprint density at radius 2 is 1.79 bits per heavy atom. The second-order valence-electron chi connectivity index (χ2n) is 11.8. The van der Waals surface area contributed by atoms with Crippen molar-refractivity contribution in [3.63, 3.8) is 0 Å². The number of anilines is 1. The maximum absolute atomic E-state index is 13.1. The summed E-state index contributed by atoms with van der Waals surface area (Å²) in [5.41, 5.74) is 3.59. The molecule has 2 saturated heterocycles. The Labute approximate surface area is 285 Å². The fraction of sp³-hybridized carbons (Fsp3) is 0.324. The standard InChI is InChI=1S/C37H39ClN4O6/c1-45-32-14-11-28(23-34(32)46-22-6-17-40-18-20-41(21-19-40)31-10-5-9-29(38)24-31)12-15-33-36(43)42(37(44)48-33)25-30-26-47-35(39-30)16-13-27-7-3-2-4-8-27/h2-5,7-11,13-14,16,23-24,26,33H,6,12,15,17-22,25H2,1H3. The summed E-state index contributed by atoms with van der Waals surface area (Å²) in [6, 6.07) is 23.5. The molecule has 0 aliphatic carbocycles. The number of hydrogen-bond acceptors (Lipinski definition) is 9. The zero-order chi connectivity index (χ0) is 33.3. The van der Waals surface area contributed by atoms with Crippen LogP contribution in [0.15, 0.2) is 83.5 Å². The van der Waals surface area contributed by atoms with Crippen LogP contribution >= 0.6 is 11.6 Å². The van der Waals surface area contributed by atoms with Crippen molar-refractivity contribution in [3.05, 3.63) is 107 Å². The van der Waals surface area contributed by atoms with Crippen molar-refractivity contribution in [1.82, 2.24) is 14.8 Å². The summed E-state index contributed by atoms with van der Waals surface area (Å²) in [6.07, 6.45) is 5.26. The van der Waals surface area contributed by atoms with Crippen molar-refractivity contribution in [1.29, 1.82) is 0 Å². The first kappa shape index (κ1) is 33.1. The van der Waals surface area contributed by atoms with Crippen LogP contribution in [0, 0.1) is 0 Å². The second kappa shape index (κ2) is 15.9. The van der Waals surface area contributed by atoms with Gasteiger partial charge in [0.25, 0.3) is 5.91 Å². The van der Waals surface area contributed by atoms with Gasteiger partial charge < -0.3 is 23.5 Å². The molecule has 0 N–H and O–H groups in total. The monoisotopic (exact) mass is 670 g/mol. The number of carbonyl (C=O) groups excluding carboxylic acids is 2. The molecule has 2 aliphatic rings. The Bertz CT molecular complexity index is 1720. The van der Waals surface area contributed by atoms with Crippen LogP contribution in [0.25, 0.3) is 12.2 Å². The van der Waals surface area contributed by atoms with E-state index < -0.39 is 12.2 Å². The highest BCUT2D eigenvalue weighted by Gasteiger charge is 2.40. The molecule has 250 valence electrons. The van der Waals surface area contributed by atoms with Gasteiger partial charge in [-0.3, -0.25) is 9.69 Å². The molecular weight excluding hydrogens is 632 g/mol. The number of halogens is 1. The van der Waals surface area contributed by atoms with E-state index >= 15 is 0 Å². The Morgan fingerprint density at radius 1 is 0.958 bits per heavy atom. The molecule has 1 aromatic heterocycles. The third-order valence-corrected chi connectivity index (χ3v) is 8.69. The average molecular weight is 671 g/mol. The van der Waals surface area contributed by atoms with Crippen molar-refractivity contribution in [2.24, 2.45) is 0 Å². The third kappa shape index (κ3) is 8.56. The predicted octanol–water partition coefficient (Wildman–Crippen LogP) is 6.58. The van der Waals surface area contributed by atoms with E-state index in [-0.39, 0.29) is 12.5 Å². The maximum atomic E-state index is 13.1. The SMILES string of the molecule is COc1ccc(CCC2OC(=O)N(Cc3coc(C=Cc4ccccc4)n3)C2=O)cc1OCCCN1CCN(c2cccc(Cl)c2)CC1. The summed E-state index contributed by atoms with van der Waals surface area (Å²) in [5.74, 6) is 1.30. The molecule has 3 aromatic carbocycles. The number of aromatic nitrogens is 1. The van der Waals surface area contributed by atoms with E-state index in [1.54, 1.807) is 13.2 Å². The highest BCUT2D eigenvalue weighted by molar-refractivity contribution is 6.30. The predicted molar refractivity (Wildman–Crippen MR) is 184 cm³/mol. The van der Waals surface area contributed by atoms with Crippen molar-refractivity contribution in [3.8, 4) is 11.5 Å². The molecule has 1 atom stereocenters. The lowest BCUT2D eigenvalue weighted by Gasteiger charge is -2.36. The van der Waals surface area contributed by atoms with Gasteiger partial charge in [0.15, 0.2) is 17.6 Å². The summed E-state index contributed by atoms with van der Waals surface area (Å²) >= 11 is 6.17. The number of aryl methyl sites for hydroxylation is 1. The molecule has 1 unspecified atom stereocenters. The molecular formula is C37H39ClN4O6. The van der Waals surface area contributed by atoms with Gasteiger partial charge in [0.1, 0.15) is 6.26 Å². The lowest BCUT2D eigenvalue weighted by molar-refractivity contribution is -0.130. The quantitative estimate of drug-likeness (QED) is 0.138. The van der Waals surface area contributed by atoms with Crippen LogP contribution in [0.5, 0.6) is 11.5 Å². The van der Waals surface area contributed by atoms with Crippen LogP contribution in [0.1, 0.15) is 35.6 Å². The fourth-order valence-electron chi connectivity index (χ4n) is 5.85. The van der Waals surface area contributed by atoms with Crippen LogP contribution in [0.3, 0.4) is 0 Å². The van der Waals surface area contributed by atoms with Gasteiger partial charge in [-0.25, -0.2) is 14.7 Å². The first-order valence-corrected chi connectivity index (χ1v) is 16.5. The molecule has 0 saturated carbocycles. The van der Waals surface area contributed by atoms with Crippen LogP contribution in [0.4, 0.5) is 10.5 Å². The molecule has 3 heterocycles. The number of imide groups is 1. The van der Waals surface area contributed by atoms with E-state index in [1.165, 1.54) is 12.0 Å². The van der Waals surface area contributed by atoms with E-state index in [2.05, 4.69) is 20.9 Å². The van der Waals surface area contributed by atoms with E-state index in [9.17, 15) is 9.59 Å². The van der Waals surface area contributed by atoms with Crippen molar-refractivity contribution in [2.75, 3.05) is 51.3 Å². The number of benzene rings is 3.